The number of carbonyl (C=O) groups is 1. The van der Waals surface area contributed by atoms with Crippen molar-refractivity contribution in [2.75, 3.05) is 13.2 Å². The molecular weight excluding hydrogens is 532 g/mol. The van der Waals surface area contributed by atoms with Crippen molar-refractivity contribution in [1.29, 1.82) is 0 Å². The van der Waals surface area contributed by atoms with E-state index in [1.807, 2.05) is 109 Å². The number of rotatable bonds is 12. The second-order valence-corrected chi connectivity index (χ2v) is 10.1. The molecule has 5 rings (SSSR count). The van der Waals surface area contributed by atoms with E-state index in [9.17, 15) is 4.79 Å². The first-order valence-electron chi connectivity index (χ1n) is 13.6. The molecule has 1 amide bonds. The molecule has 41 heavy (non-hydrogen) atoms. The van der Waals surface area contributed by atoms with Gasteiger partial charge in [0.25, 0.3) is 0 Å². The Labute approximate surface area is 245 Å². The van der Waals surface area contributed by atoms with Crippen LogP contribution in [0.2, 0.25) is 5.02 Å². The molecule has 1 heterocycles. The second-order valence-electron chi connectivity index (χ2n) is 9.68. The number of amides is 1. The first-order valence-corrected chi connectivity index (χ1v) is 14.0. The molecule has 0 fully saturated rings. The highest BCUT2D eigenvalue weighted by molar-refractivity contribution is 6.31. The lowest BCUT2D eigenvalue weighted by atomic mass is 9.96. The number of aromatic nitrogens is 1. The van der Waals surface area contributed by atoms with Gasteiger partial charge in [0.15, 0.2) is 0 Å². The number of nitrogens with zero attached hydrogens (tertiary/aromatic N) is 1. The van der Waals surface area contributed by atoms with E-state index in [0.717, 1.165) is 56.8 Å². The minimum absolute atomic E-state index is 0.299. The number of benzene rings is 4. The van der Waals surface area contributed by atoms with Crippen molar-refractivity contribution < 1.29 is 14.3 Å². The fraction of sp³-hybridized carbons (Fsp3) is 0.143. The number of hydrogen-bond acceptors (Lipinski definition) is 4. The molecule has 0 aliphatic rings. The molecule has 0 aliphatic carbocycles. The van der Waals surface area contributed by atoms with E-state index in [2.05, 4.69) is 11.1 Å². The Hall–Kier alpha value is -4.61. The Bertz CT molecular complexity index is 1680. The molecular formula is C35H31ClN2O3. The third-order valence-corrected chi connectivity index (χ3v) is 6.84. The molecule has 0 spiro atoms. The van der Waals surface area contributed by atoms with Crippen LogP contribution in [0, 0.1) is 0 Å². The van der Waals surface area contributed by atoms with Gasteiger partial charge in [-0.1, -0.05) is 78.3 Å². The van der Waals surface area contributed by atoms with Crippen LogP contribution in [0.4, 0.5) is 0 Å². The highest BCUT2D eigenvalue weighted by atomic mass is 35.5. The average Bonchev–Trinajstić information content (AvgIpc) is 2.99. The normalized spacial score (nSPS) is 11.1. The number of halogens is 1. The summed E-state index contributed by atoms with van der Waals surface area (Å²) in [6.07, 6.45) is 5.68. The van der Waals surface area contributed by atoms with Crippen molar-refractivity contribution in [2.24, 2.45) is 5.73 Å². The van der Waals surface area contributed by atoms with Gasteiger partial charge in [-0.15, -0.1) is 0 Å². The van der Waals surface area contributed by atoms with Gasteiger partial charge in [0.2, 0.25) is 5.91 Å². The predicted molar refractivity (Wildman–Crippen MR) is 167 cm³/mol. The van der Waals surface area contributed by atoms with Gasteiger partial charge >= 0.3 is 0 Å². The Morgan fingerprint density at radius 3 is 2.39 bits per heavy atom. The largest absolute Gasteiger partial charge is 0.493 e. The summed E-state index contributed by atoms with van der Waals surface area (Å²) in [5.74, 6) is 1.30. The van der Waals surface area contributed by atoms with E-state index in [1.165, 1.54) is 0 Å². The maximum Gasteiger partial charge on any atom is 0.217 e. The van der Waals surface area contributed by atoms with Crippen LogP contribution in [-0.4, -0.2) is 24.1 Å². The number of hydrogen-bond donors (Lipinski definition) is 1. The van der Waals surface area contributed by atoms with Crippen molar-refractivity contribution in [3.05, 3.63) is 125 Å². The van der Waals surface area contributed by atoms with E-state index < -0.39 is 0 Å². The van der Waals surface area contributed by atoms with Crippen molar-refractivity contribution in [2.45, 2.75) is 19.3 Å². The Morgan fingerprint density at radius 1 is 0.805 bits per heavy atom. The fourth-order valence-corrected chi connectivity index (χ4v) is 4.73. The molecule has 206 valence electrons. The van der Waals surface area contributed by atoms with Gasteiger partial charge in [0.1, 0.15) is 11.5 Å². The van der Waals surface area contributed by atoms with Gasteiger partial charge in [0.05, 0.1) is 24.4 Å². The first kappa shape index (κ1) is 27.9. The summed E-state index contributed by atoms with van der Waals surface area (Å²) >= 11 is 6.11. The Morgan fingerprint density at radius 2 is 1.56 bits per heavy atom. The second kappa shape index (κ2) is 13.6. The summed E-state index contributed by atoms with van der Waals surface area (Å²) in [6, 6.07) is 33.8. The number of fused-ring (bicyclic) bond motifs is 1. The van der Waals surface area contributed by atoms with Crippen LogP contribution in [0.25, 0.3) is 34.2 Å². The molecule has 2 N–H and O–H groups in total. The van der Waals surface area contributed by atoms with Crippen LogP contribution in [-0.2, 0) is 11.2 Å². The average molecular weight is 563 g/mol. The van der Waals surface area contributed by atoms with Crippen LogP contribution < -0.4 is 15.2 Å². The van der Waals surface area contributed by atoms with E-state index in [1.54, 1.807) is 0 Å². The van der Waals surface area contributed by atoms with Crippen molar-refractivity contribution in [3.63, 3.8) is 0 Å². The number of carbonyl (C=O) groups excluding carboxylic acids is 1. The fourth-order valence-electron chi connectivity index (χ4n) is 4.56. The molecule has 0 unspecified atom stereocenters. The van der Waals surface area contributed by atoms with Gasteiger partial charge in [-0.05, 0) is 77.2 Å². The summed E-state index contributed by atoms with van der Waals surface area (Å²) in [6.45, 7) is 1.07. The molecule has 0 atom stereocenters. The highest BCUT2D eigenvalue weighted by Crippen LogP contribution is 2.28. The predicted octanol–water partition coefficient (Wildman–Crippen LogP) is 7.99. The Kier molecular flexibility index (Phi) is 9.30. The third kappa shape index (κ3) is 7.96. The summed E-state index contributed by atoms with van der Waals surface area (Å²) in [4.78, 5) is 15.9. The number of ether oxygens (including phenoxy) is 2. The highest BCUT2D eigenvalue weighted by Gasteiger charge is 2.07. The minimum atomic E-state index is -0.299. The van der Waals surface area contributed by atoms with E-state index in [0.29, 0.717) is 31.1 Å². The topological polar surface area (TPSA) is 74.4 Å². The molecule has 0 saturated heterocycles. The van der Waals surface area contributed by atoms with Crippen LogP contribution in [0.3, 0.4) is 0 Å². The monoisotopic (exact) mass is 562 g/mol. The zero-order chi connectivity index (χ0) is 28.4. The summed E-state index contributed by atoms with van der Waals surface area (Å²) < 4.78 is 12.0. The maximum atomic E-state index is 11.3. The molecule has 4 aromatic carbocycles. The van der Waals surface area contributed by atoms with Gasteiger partial charge in [-0.2, -0.15) is 0 Å². The first-order chi connectivity index (χ1) is 20.0. The lowest BCUT2D eigenvalue weighted by molar-refractivity contribution is -0.117. The summed E-state index contributed by atoms with van der Waals surface area (Å²) in [5, 5.41) is 1.73. The van der Waals surface area contributed by atoms with Crippen LogP contribution in [0.15, 0.2) is 103 Å². The lowest BCUT2D eigenvalue weighted by Crippen LogP contribution is -2.11. The molecule has 5 nitrogen and oxygen atoms in total. The van der Waals surface area contributed by atoms with Crippen LogP contribution in [0.5, 0.6) is 11.5 Å². The zero-order valence-electron chi connectivity index (χ0n) is 22.6. The molecule has 1 aromatic heterocycles. The molecule has 0 aliphatic heterocycles. The molecule has 6 heteroatoms. The minimum Gasteiger partial charge on any atom is -0.493 e. The molecule has 5 aromatic rings. The van der Waals surface area contributed by atoms with E-state index in [4.69, 9.17) is 26.8 Å². The maximum absolute atomic E-state index is 11.3. The summed E-state index contributed by atoms with van der Waals surface area (Å²) in [7, 11) is 0. The van der Waals surface area contributed by atoms with Crippen molar-refractivity contribution >= 4 is 40.6 Å². The number of pyridine rings is 1. The van der Waals surface area contributed by atoms with Crippen molar-refractivity contribution in [3.8, 4) is 22.6 Å². The number of primary amides is 1. The molecule has 0 bridgehead atoms. The van der Waals surface area contributed by atoms with E-state index >= 15 is 0 Å². The SMILES string of the molecule is NC(=O)CCc1ccccc1-c1cccc(OCCCOc2cccc(/C=C/c3ccc4ccc(Cl)cc4n3)c2)c1. The number of nitrogens with two attached hydrogens (primary N) is 1. The standard InChI is InChI=1S/C35H31ClN2O3/c36-29-16-13-27-14-18-30(38-34(27)24-29)17-12-25-6-3-9-31(22-25)40-20-5-21-41-32-10-4-8-28(23-32)33-11-2-1-7-26(33)15-19-35(37)39/h1-4,6-14,16-18,22-24H,5,15,19-21H2,(H2,37,39)/b17-12+. The Balaban J connectivity index is 1.12. The van der Waals surface area contributed by atoms with Gasteiger partial charge in [-0.25, -0.2) is 4.98 Å². The third-order valence-electron chi connectivity index (χ3n) is 6.61. The van der Waals surface area contributed by atoms with Crippen LogP contribution >= 0.6 is 11.6 Å². The van der Waals surface area contributed by atoms with Crippen LogP contribution in [0.1, 0.15) is 29.7 Å². The quantitative estimate of drug-likeness (QED) is 0.156. The summed E-state index contributed by atoms with van der Waals surface area (Å²) in [5.41, 5.74) is 11.3. The van der Waals surface area contributed by atoms with Gasteiger partial charge in [-0.3, -0.25) is 4.79 Å². The van der Waals surface area contributed by atoms with E-state index in [-0.39, 0.29) is 5.91 Å². The van der Waals surface area contributed by atoms with Crippen molar-refractivity contribution in [1.82, 2.24) is 4.98 Å². The molecule has 0 radical (unpaired) electrons. The lowest BCUT2D eigenvalue weighted by Gasteiger charge is -2.12. The smallest absolute Gasteiger partial charge is 0.217 e. The van der Waals surface area contributed by atoms with Gasteiger partial charge in [0, 0.05) is 23.3 Å². The van der Waals surface area contributed by atoms with Gasteiger partial charge < -0.3 is 15.2 Å². The zero-order valence-corrected chi connectivity index (χ0v) is 23.4. The number of aryl methyl sites for hydroxylation is 1. The molecule has 0 saturated carbocycles.